The summed E-state index contributed by atoms with van der Waals surface area (Å²) >= 11 is 0. The van der Waals surface area contributed by atoms with Crippen molar-refractivity contribution >= 4 is 5.97 Å². The van der Waals surface area contributed by atoms with Crippen molar-refractivity contribution in [2.45, 2.75) is 25.3 Å². The second-order valence-corrected chi connectivity index (χ2v) is 4.84. The van der Waals surface area contributed by atoms with E-state index in [4.69, 9.17) is 0 Å². The van der Waals surface area contributed by atoms with E-state index in [2.05, 4.69) is 4.98 Å². The van der Waals surface area contributed by atoms with Crippen LogP contribution in [-0.4, -0.2) is 20.6 Å². The van der Waals surface area contributed by atoms with Gasteiger partial charge in [0, 0.05) is 18.3 Å². The van der Waals surface area contributed by atoms with E-state index in [9.17, 15) is 18.7 Å². The number of carboxylic acids is 1. The molecule has 20 heavy (non-hydrogen) atoms. The summed E-state index contributed by atoms with van der Waals surface area (Å²) in [5.74, 6) is -2.93. The molecule has 0 spiro atoms. The summed E-state index contributed by atoms with van der Waals surface area (Å²) in [5, 5.41) is 9.18. The smallest absolute Gasteiger partial charge is 0.314 e. The summed E-state index contributed by atoms with van der Waals surface area (Å²) in [6, 6.07) is 3.54. The predicted octanol–water partition coefficient (Wildman–Crippen LogP) is 2.79. The molecule has 0 bridgehead atoms. The maximum absolute atomic E-state index is 13.2. The molecule has 1 aliphatic heterocycles. The minimum Gasteiger partial charge on any atom is -0.481 e. The number of rotatable bonds is 2. The Labute approximate surface area is 113 Å². The number of aryl methyl sites for hydroxylation is 1. The molecule has 0 saturated heterocycles. The first-order valence-corrected chi connectivity index (χ1v) is 6.31. The summed E-state index contributed by atoms with van der Waals surface area (Å²) in [7, 11) is 0. The lowest BCUT2D eigenvalue weighted by atomic mass is 9.99. The highest BCUT2D eigenvalue weighted by molar-refractivity contribution is 5.75. The third-order valence-corrected chi connectivity index (χ3v) is 3.52. The van der Waals surface area contributed by atoms with Gasteiger partial charge in [-0.25, -0.2) is 13.8 Å². The largest absolute Gasteiger partial charge is 0.481 e. The van der Waals surface area contributed by atoms with Crippen molar-refractivity contribution in [3.63, 3.8) is 0 Å². The molecular formula is C14H12F2N2O2. The molecule has 1 aromatic carbocycles. The Hall–Kier alpha value is -2.24. The fraction of sp³-hybridized carbons (Fsp3) is 0.286. The molecule has 1 atom stereocenters. The molecule has 1 N–H and O–H groups in total. The van der Waals surface area contributed by atoms with E-state index >= 15 is 0 Å². The minimum absolute atomic E-state index is 0.440. The van der Waals surface area contributed by atoms with Crippen LogP contribution in [0.4, 0.5) is 8.78 Å². The zero-order chi connectivity index (χ0) is 14.3. The second kappa shape index (κ2) is 4.70. The van der Waals surface area contributed by atoms with Crippen molar-refractivity contribution in [1.29, 1.82) is 0 Å². The van der Waals surface area contributed by atoms with Crippen molar-refractivity contribution in [3.05, 3.63) is 41.9 Å². The molecule has 104 valence electrons. The van der Waals surface area contributed by atoms with Gasteiger partial charge < -0.3 is 9.67 Å². The van der Waals surface area contributed by atoms with Crippen LogP contribution in [0.3, 0.4) is 0 Å². The van der Waals surface area contributed by atoms with E-state index < -0.39 is 23.5 Å². The standard InChI is InChI=1S/C14H12F2N2O2/c15-10-4-3-8(6-11(10)16)12-7-18-5-1-2-9(14(19)20)13(18)17-12/h3-4,6-7,9H,1-2,5H2,(H,19,20). The first-order valence-electron chi connectivity index (χ1n) is 6.31. The van der Waals surface area contributed by atoms with Crippen LogP contribution in [-0.2, 0) is 11.3 Å². The van der Waals surface area contributed by atoms with Gasteiger partial charge in [0.25, 0.3) is 0 Å². The molecule has 0 radical (unpaired) electrons. The molecule has 0 fully saturated rings. The van der Waals surface area contributed by atoms with E-state index in [1.807, 2.05) is 0 Å². The Morgan fingerprint density at radius 3 is 2.85 bits per heavy atom. The number of nitrogens with zero attached hydrogens (tertiary/aromatic N) is 2. The van der Waals surface area contributed by atoms with Crippen LogP contribution in [0.2, 0.25) is 0 Å². The number of hydrogen-bond donors (Lipinski definition) is 1. The number of carboxylic acid groups (broad SMARTS) is 1. The van der Waals surface area contributed by atoms with E-state index in [1.165, 1.54) is 6.07 Å². The van der Waals surface area contributed by atoms with Crippen LogP contribution < -0.4 is 0 Å². The number of carbonyl (C=O) groups is 1. The number of aromatic nitrogens is 2. The Bertz CT molecular complexity index is 682. The molecule has 1 aliphatic rings. The van der Waals surface area contributed by atoms with E-state index in [1.54, 1.807) is 10.8 Å². The maximum atomic E-state index is 13.2. The molecule has 0 amide bonds. The first-order chi connectivity index (χ1) is 9.56. The summed E-state index contributed by atoms with van der Waals surface area (Å²) < 4.78 is 28.0. The lowest BCUT2D eigenvalue weighted by Gasteiger charge is -2.19. The lowest BCUT2D eigenvalue weighted by Crippen LogP contribution is -2.21. The van der Waals surface area contributed by atoms with E-state index in [0.29, 0.717) is 30.0 Å². The highest BCUT2D eigenvalue weighted by atomic mass is 19.2. The highest BCUT2D eigenvalue weighted by Gasteiger charge is 2.29. The Morgan fingerprint density at radius 1 is 1.35 bits per heavy atom. The van der Waals surface area contributed by atoms with E-state index in [0.717, 1.165) is 18.6 Å². The number of hydrogen-bond acceptors (Lipinski definition) is 2. The SMILES string of the molecule is O=C(O)C1CCCn2cc(-c3ccc(F)c(F)c3)nc21. The zero-order valence-electron chi connectivity index (χ0n) is 10.5. The van der Waals surface area contributed by atoms with Crippen LogP contribution in [0.15, 0.2) is 24.4 Å². The van der Waals surface area contributed by atoms with Crippen molar-refractivity contribution in [2.24, 2.45) is 0 Å². The first kappa shape index (κ1) is 12.8. The Balaban J connectivity index is 2.04. The second-order valence-electron chi connectivity index (χ2n) is 4.84. The molecule has 1 aromatic heterocycles. The van der Waals surface area contributed by atoms with Gasteiger partial charge in [0.1, 0.15) is 11.7 Å². The number of imidazole rings is 1. The maximum Gasteiger partial charge on any atom is 0.314 e. The third-order valence-electron chi connectivity index (χ3n) is 3.52. The van der Waals surface area contributed by atoms with Crippen molar-refractivity contribution in [1.82, 2.24) is 9.55 Å². The molecule has 3 rings (SSSR count). The number of benzene rings is 1. The fourth-order valence-corrected chi connectivity index (χ4v) is 2.51. The van der Waals surface area contributed by atoms with Crippen LogP contribution in [0, 0.1) is 11.6 Å². The molecule has 0 aliphatic carbocycles. The highest BCUT2D eigenvalue weighted by Crippen LogP contribution is 2.30. The van der Waals surface area contributed by atoms with Gasteiger partial charge >= 0.3 is 5.97 Å². The molecular weight excluding hydrogens is 266 g/mol. The Morgan fingerprint density at radius 2 is 2.15 bits per heavy atom. The molecule has 2 aromatic rings. The normalized spacial score (nSPS) is 17.8. The molecule has 4 nitrogen and oxygen atoms in total. The van der Waals surface area contributed by atoms with Crippen LogP contribution in [0.5, 0.6) is 0 Å². The third kappa shape index (κ3) is 2.07. The Kier molecular flexibility index (Phi) is 3.00. The molecule has 6 heteroatoms. The van der Waals surface area contributed by atoms with Gasteiger partial charge in [-0.2, -0.15) is 0 Å². The van der Waals surface area contributed by atoms with Gasteiger partial charge in [-0.05, 0) is 31.0 Å². The predicted molar refractivity (Wildman–Crippen MR) is 67.2 cm³/mol. The zero-order valence-corrected chi connectivity index (χ0v) is 10.5. The average molecular weight is 278 g/mol. The number of halogens is 2. The fourth-order valence-electron chi connectivity index (χ4n) is 2.51. The summed E-state index contributed by atoms with van der Waals surface area (Å²) in [4.78, 5) is 15.5. The van der Waals surface area contributed by atoms with E-state index in [-0.39, 0.29) is 0 Å². The topological polar surface area (TPSA) is 55.1 Å². The average Bonchev–Trinajstić information content (AvgIpc) is 2.85. The van der Waals surface area contributed by atoms with Gasteiger partial charge in [-0.15, -0.1) is 0 Å². The van der Waals surface area contributed by atoms with Crippen LogP contribution in [0.25, 0.3) is 11.3 Å². The monoisotopic (exact) mass is 278 g/mol. The van der Waals surface area contributed by atoms with Gasteiger partial charge in [-0.3, -0.25) is 4.79 Å². The number of fused-ring (bicyclic) bond motifs is 1. The summed E-state index contributed by atoms with van der Waals surface area (Å²) in [5.41, 5.74) is 0.905. The number of aliphatic carboxylic acids is 1. The van der Waals surface area contributed by atoms with Gasteiger partial charge in [0.05, 0.1) is 5.69 Å². The van der Waals surface area contributed by atoms with Gasteiger partial charge in [-0.1, -0.05) is 0 Å². The molecule has 1 unspecified atom stereocenters. The van der Waals surface area contributed by atoms with Crippen molar-refractivity contribution in [3.8, 4) is 11.3 Å². The van der Waals surface area contributed by atoms with Crippen LogP contribution in [0.1, 0.15) is 24.6 Å². The minimum atomic E-state index is -0.941. The summed E-state index contributed by atoms with van der Waals surface area (Å²) in [6.45, 7) is 0.690. The van der Waals surface area contributed by atoms with Gasteiger partial charge in [0.15, 0.2) is 11.6 Å². The lowest BCUT2D eigenvalue weighted by molar-refractivity contribution is -0.139. The quantitative estimate of drug-likeness (QED) is 0.919. The van der Waals surface area contributed by atoms with Crippen molar-refractivity contribution < 1.29 is 18.7 Å². The van der Waals surface area contributed by atoms with Crippen molar-refractivity contribution in [2.75, 3.05) is 0 Å². The van der Waals surface area contributed by atoms with Gasteiger partial charge in [0.2, 0.25) is 0 Å². The molecule has 0 saturated carbocycles. The summed E-state index contributed by atoms with van der Waals surface area (Å²) in [6.07, 6.45) is 3.00. The van der Waals surface area contributed by atoms with Crippen LogP contribution >= 0.6 is 0 Å². The molecule has 2 heterocycles.